The van der Waals surface area contributed by atoms with Crippen molar-refractivity contribution in [1.29, 1.82) is 0 Å². The van der Waals surface area contributed by atoms with Crippen LogP contribution in [0.2, 0.25) is 10.0 Å². The molecule has 0 saturated carbocycles. The number of carbonyl (C=O) groups excluding carboxylic acids is 1. The van der Waals surface area contributed by atoms with E-state index in [4.69, 9.17) is 41.2 Å². The zero-order chi connectivity index (χ0) is 22.8. The number of nitrogens with zero attached hydrogens (tertiary/aromatic N) is 3. The molecule has 3 aromatic rings. The molecule has 0 atom stereocenters. The van der Waals surface area contributed by atoms with E-state index in [1.165, 1.54) is 6.42 Å². The molecule has 1 saturated heterocycles. The highest BCUT2D eigenvalue weighted by atomic mass is 35.5. The highest BCUT2D eigenvalue weighted by molar-refractivity contribution is 7.80. The number of amides is 1. The molecule has 0 radical (unpaired) electrons. The van der Waals surface area contributed by atoms with E-state index in [0.717, 1.165) is 48.3 Å². The minimum absolute atomic E-state index is 0.241. The van der Waals surface area contributed by atoms with Gasteiger partial charge in [-0.05, 0) is 38.0 Å². The Bertz CT molecular complexity index is 1170. The van der Waals surface area contributed by atoms with Crippen LogP contribution in [-0.2, 0) is 0 Å². The Kier molecular flexibility index (Phi) is 6.81. The van der Waals surface area contributed by atoms with Crippen LogP contribution in [0.1, 0.15) is 40.9 Å². The number of rotatable bonds is 5. The smallest absolute Gasteiger partial charge is 0.286 e. The number of hydrazine groups is 1. The van der Waals surface area contributed by atoms with E-state index in [2.05, 4.69) is 10.5 Å². The van der Waals surface area contributed by atoms with Crippen LogP contribution in [0.3, 0.4) is 0 Å². The van der Waals surface area contributed by atoms with Gasteiger partial charge >= 0.3 is 0 Å². The number of carbonyl (C=O) groups is 1. The maximum atomic E-state index is 13.1. The molecule has 32 heavy (non-hydrogen) atoms. The lowest BCUT2D eigenvalue weighted by molar-refractivity contribution is 0.0743. The summed E-state index contributed by atoms with van der Waals surface area (Å²) >= 11 is 17.7. The minimum Gasteiger partial charge on any atom is -0.389 e. The molecule has 0 bridgehead atoms. The van der Waals surface area contributed by atoms with Gasteiger partial charge in [0, 0.05) is 34.8 Å². The predicted octanol–water partition coefficient (Wildman–Crippen LogP) is 4.92. The third kappa shape index (κ3) is 4.66. The summed E-state index contributed by atoms with van der Waals surface area (Å²) in [7, 11) is 0. The molecular formula is C23H23Cl2N5OS. The predicted molar refractivity (Wildman–Crippen MR) is 133 cm³/mol. The van der Waals surface area contributed by atoms with Crippen molar-refractivity contribution in [3.05, 3.63) is 69.3 Å². The number of aromatic nitrogens is 2. The molecule has 1 aromatic heterocycles. The molecule has 1 aliphatic heterocycles. The molecular weight excluding hydrogens is 465 g/mol. The molecule has 9 heteroatoms. The van der Waals surface area contributed by atoms with Crippen LogP contribution in [0.5, 0.6) is 0 Å². The summed E-state index contributed by atoms with van der Waals surface area (Å²) in [6, 6.07) is 12.7. The molecule has 2 aromatic carbocycles. The minimum atomic E-state index is -0.241. The average molecular weight is 488 g/mol. The highest BCUT2D eigenvalue weighted by Crippen LogP contribution is 2.33. The lowest BCUT2D eigenvalue weighted by Crippen LogP contribution is -2.45. The van der Waals surface area contributed by atoms with Crippen LogP contribution < -0.4 is 11.2 Å². The van der Waals surface area contributed by atoms with Crippen molar-refractivity contribution < 1.29 is 4.79 Å². The number of hydrogen-bond acceptors (Lipinski definition) is 4. The average Bonchev–Trinajstić information content (AvgIpc) is 3.11. The van der Waals surface area contributed by atoms with Gasteiger partial charge in [0.1, 0.15) is 4.99 Å². The van der Waals surface area contributed by atoms with Crippen LogP contribution in [-0.4, -0.2) is 38.8 Å². The lowest BCUT2D eigenvalue weighted by Gasteiger charge is -2.26. The van der Waals surface area contributed by atoms with Gasteiger partial charge < -0.3 is 5.73 Å². The first-order valence-corrected chi connectivity index (χ1v) is 11.5. The first-order valence-electron chi connectivity index (χ1n) is 10.4. The maximum Gasteiger partial charge on any atom is 0.286 e. The van der Waals surface area contributed by atoms with Crippen LogP contribution in [0.4, 0.5) is 0 Å². The number of nitrogens with one attached hydrogen (secondary N) is 1. The van der Waals surface area contributed by atoms with E-state index in [1.807, 2.05) is 36.2 Å². The van der Waals surface area contributed by atoms with Gasteiger partial charge in [0.25, 0.3) is 5.91 Å². The molecule has 166 valence electrons. The molecule has 0 unspecified atom stereocenters. The van der Waals surface area contributed by atoms with E-state index < -0.39 is 0 Å². The number of thiocarbonyl (C=S) groups is 1. The van der Waals surface area contributed by atoms with Gasteiger partial charge in [0.15, 0.2) is 5.69 Å². The normalized spacial score (nSPS) is 14.3. The van der Waals surface area contributed by atoms with Crippen LogP contribution >= 0.6 is 35.4 Å². The Morgan fingerprint density at radius 3 is 2.41 bits per heavy atom. The van der Waals surface area contributed by atoms with Crippen LogP contribution in [0, 0.1) is 6.92 Å². The van der Waals surface area contributed by atoms with Gasteiger partial charge in [-0.25, -0.2) is 9.69 Å². The zero-order valence-electron chi connectivity index (χ0n) is 17.6. The lowest BCUT2D eigenvalue weighted by atomic mass is 10.0. The molecule has 1 amide bonds. The summed E-state index contributed by atoms with van der Waals surface area (Å²) in [5, 5.41) is 7.58. The van der Waals surface area contributed by atoms with Crippen LogP contribution in [0.15, 0.2) is 42.5 Å². The number of nitrogens with two attached hydrogens (primary N) is 1. The Hall–Kier alpha value is -2.45. The Balaban J connectivity index is 1.80. The molecule has 3 N–H and O–H groups in total. The Labute approximate surface area is 202 Å². The van der Waals surface area contributed by atoms with Crippen molar-refractivity contribution in [2.24, 2.45) is 5.73 Å². The van der Waals surface area contributed by atoms with Gasteiger partial charge in [-0.2, -0.15) is 5.10 Å². The first kappa shape index (κ1) is 22.7. The summed E-state index contributed by atoms with van der Waals surface area (Å²) < 4.78 is 1.69. The molecule has 0 aliphatic carbocycles. The third-order valence-corrected chi connectivity index (χ3v) is 6.31. The van der Waals surface area contributed by atoms with Crippen molar-refractivity contribution in [3.8, 4) is 16.9 Å². The maximum absolute atomic E-state index is 13.1. The molecule has 4 rings (SSSR count). The summed E-state index contributed by atoms with van der Waals surface area (Å²) in [4.78, 5) is 13.5. The van der Waals surface area contributed by atoms with E-state index in [-0.39, 0.29) is 5.91 Å². The zero-order valence-corrected chi connectivity index (χ0v) is 19.9. The van der Waals surface area contributed by atoms with Gasteiger partial charge in [-0.15, -0.1) is 0 Å². The summed E-state index contributed by atoms with van der Waals surface area (Å²) in [6.45, 7) is 3.55. The van der Waals surface area contributed by atoms with Gasteiger partial charge in [0.05, 0.1) is 16.4 Å². The SMILES string of the molecule is Cc1c(C(=O)NN2CCCCC2)nn(-c2ccc(Cl)cc2Cl)c1-c1ccc(C(N)=S)cc1. The fraction of sp³-hybridized carbons (Fsp3) is 0.261. The monoisotopic (exact) mass is 487 g/mol. The number of hydrogen-bond donors (Lipinski definition) is 2. The summed E-state index contributed by atoms with van der Waals surface area (Å²) in [5.41, 5.74) is 12.8. The first-order chi connectivity index (χ1) is 15.3. The van der Waals surface area contributed by atoms with E-state index >= 15 is 0 Å². The van der Waals surface area contributed by atoms with Crippen molar-refractivity contribution in [3.63, 3.8) is 0 Å². The van der Waals surface area contributed by atoms with E-state index in [9.17, 15) is 4.79 Å². The number of halogens is 2. The molecule has 6 nitrogen and oxygen atoms in total. The van der Waals surface area contributed by atoms with Crippen molar-refractivity contribution in [1.82, 2.24) is 20.2 Å². The third-order valence-electron chi connectivity index (χ3n) is 5.53. The fourth-order valence-corrected chi connectivity index (χ4v) is 4.50. The quantitative estimate of drug-likeness (QED) is 0.499. The standard InChI is InChI=1S/C23H23Cl2N5OS/c1-14-20(23(31)28-29-11-3-2-4-12-29)27-30(19-10-9-17(24)13-18(19)25)21(14)15-5-7-16(8-6-15)22(26)32/h5-10,13H,2-4,11-12H2,1H3,(H2,26,32)(H,28,31). The van der Waals surface area contributed by atoms with Crippen molar-refractivity contribution in [2.75, 3.05) is 13.1 Å². The highest BCUT2D eigenvalue weighted by Gasteiger charge is 2.25. The van der Waals surface area contributed by atoms with Crippen molar-refractivity contribution in [2.45, 2.75) is 26.2 Å². The fourth-order valence-electron chi connectivity index (χ4n) is 3.87. The van der Waals surface area contributed by atoms with Gasteiger partial charge in [0.2, 0.25) is 0 Å². The molecule has 0 spiro atoms. The largest absolute Gasteiger partial charge is 0.389 e. The number of piperidine rings is 1. The molecule has 1 aliphatic rings. The second-order valence-corrected chi connectivity index (χ2v) is 9.04. The van der Waals surface area contributed by atoms with Crippen molar-refractivity contribution >= 4 is 46.3 Å². The summed E-state index contributed by atoms with van der Waals surface area (Å²) in [5.74, 6) is -0.241. The van der Waals surface area contributed by atoms with E-state index in [1.54, 1.807) is 22.9 Å². The Morgan fingerprint density at radius 1 is 1.09 bits per heavy atom. The Morgan fingerprint density at radius 2 is 1.78 bits per heavy atom. The van der Waals surface area contributed by atoms with Gasteiger partial charge in [-0.3, -0.25) is 10.2 Å². The second kappa shape index (κ2) is 9.58. The number of benzene rings is 2. The van der Waals surface area contributed by atoms with E-state index in [0.29, 0.717) is 26.4 Å². The molecule has 2 heterocycles. The summed E-state index contributed by atoms with van der Waals surface area (Å²) in [6.07, 6.45) is 3.31. The molecule has 1 fully saturated rings. The van der Waals surface area contributed by atoms with Gasteiger partial charge in [-0.1, -0.05) is 66.1 Å². The second-order valence-electron chi connectivity index (χ2n) is 7.76. The van der Waals surface area contributed by atoms with Crippen LogP contribution in [0.25, 0.3) is 16.9 Å². The topological polar surface area (TPSA) is 76.2 Å².